The maximum absolute atomic E-state index is 12.6. The van der Waals surface area contributed by atoms with Crippen LogP contribution in [0.5, 0.6) is 5.75 Å². The molecule has 0 spiro atoms. The lowest BCUT2D eigenvalue weighted by Gasteiger charge is -2.18. The number of Topliss-reactive ketones (excluding diaryl/α,β-unsaturated/α-hetero) is 2. The number of rotatable bonds is 5. The molecule has 1 fully saturated rings. The Morgan fingerprint density at radius 3 is 2.96 bits per heavy atom. The molecule has 27 heavy (non-hydrogen) atoms. The Labute approximate surface area is 160 Å². The molecule has 2 aliphatic rings. The summed E-state index contributed by atoms with van der Waals surface area (Å²) in [5.74, 6) is 1.31. The monoisotopic (exact) mass is 363 g/mol. The summed E-state index contributed by atoms with van der Waals surface area (Å²) < 4.78 is 5.49. The number of hydrogen-bond acceptors (Lipinski definition) is 4. The van der Waals surface area contributed by atoms with Gasteiger partial charge in [-0.1, -0.05) is 29.8 Å². The zero-order valence-corrected chi connectivity index (χ0v) is 15.7. The van der Waals surface area contributed by atoms with Crippen LogP contribution in [0, 0.1) is 6.92 Å². The highest BCUT2D eigenvalue weighted by molar-refractivity contribution is 6.03. The molecule has 2 aliphatic heterocycles. The van der Waals surface area contributed by atoms with Gasteiger partial charge in [-0.3, -0.25) is 9.59 Å². The first kappa shape index (κ1) is 17.9. The number of carbonyl (C=O) groups excluding carboxylic acids is 2. The molecule has 2 aromatic rings. The second kappa shape index (κ2) is 7.65. The summed E-state index contributed by atoms with van der Waals surface area (Å²) in [6.45, 7) is 5.36. The zero-order chi connectivity index (χ0) is 18.8. The number of aryl methyl sites for hydroxylation is 1. The largest absolute Gasteiger partial charge is 0.492 e. The van der Waals surface area contributed by atoms with Crippen LogP contribution in [0.2, 0.25) is 0 Å². The first-order chi connectivity index (χ1) is 13.1. The van der Waals surface area contributed by atoms with E-state index in [-0.39, 0.29) is 11.6 Å². The van der Waals surface area contributed by atoms with Crippen molar-refractivity contribution in [3.63, 3.8) is 0 Å². The molecule has 1 saturated heterocycles. The molecule has 4 heteroatoms. The van der Waals surface area contributed by atoms with E-state index in [1.807, 2.05) is 0 Å². The topological polar surface area (TPSA) is 46.6 Å². The molecule has 4 nitrogen and oxygen atoms in total. The van der Waals surface area contributed by atoms with Crippen molar-refractivity contribution in [1.82, 2.24) is 4.90 Å². The number of carbonyl (C=O) groups is 2. The summed E-state index contributed by atoms with van der Waals surface area (Å²) in [4.78, 5) is 27.0. The molecule has 0 amide bonds. The third-order valence-corrected chi connectivity index (χ3v) is 5.63. The van der Waals surface area contributed by atoms with E-state index in [9.17, 15) is 9.59 Å². The van der Waals surface area contributed by atoms with Gasteiger partial charge in [0, 0.05) is 31.5 Å². The van der Waals surface area contributed by atoms with Crippen LogP contribution >= 0.6 is 0 Å². The lowest BCUT2D eigenvalue weighted by Crippen LogP contribution is -2.24. The van der Waals surface area contributed by atoms with Gasteiger partial charge in [-0.05, 0) is 49.6 Å². The lowest BCUT2D eigenvalue weighted by atomic mass is 9.97. The Bertz CT molecular complexity index is 874. The Morgan fingerprint density at radius 2 is 2.11 bits per heavy atom. The minimum absolute atomic E-state index is 0.0615. The van der Waals surface area contributed by atoms with Crippen LogP contribution in [-0.2, 0) is 0 Å². The lowest BCUT2D eigenvalue weighted by molar-refractivity contribution is 0.0933. The predicted octanol–water partition coefficient (Wildman–Crippen LogP) is 4.02. The fraction of sp³-hybridized carbons (Fsp3) is 0.391. The Balaban J connectivity index is 1.35. The molecule has 0 radical (unpaired) electrons. The molecule has 1 atom stereocenters. The Hall–Kier alpha value is -2.46. The average molecular weight is 363 g/mol. The number of fused-ring (bicyclic) bond motifs is 1. The van der Waals surface area contributed by atoms with Crippen LogP contribution in [0.25, 0.3) is 0 Å². The van der Waals surface area contributed by atoms with Gasteiger partial charge in [-0.2, -0.15) is 0 Å². The van der Waals surface area contributed by atoms with Crippen molar-refractivity contribution in [1.29, 1.82) is 0 Å². The summed E-state index contributed by atoms with van der Waals surface area (Å²) in [5.41, 5.74) is 3.86. The molecule has 0 N–H and O–H groups in total. The highest BCUT2D eigenvalue weighted by Crippen LogP contribution is 2.29. The van der Waals surface area contributed by atoms with Gasteiger partial charge in [0.1, 0.15) is 5.75 Å². The van der Waals surface area contributed by atoms with Gasteiger partial charge < -0.3 is 9.64 Å². The second-order valence-electron chi connectivity index (χ2n) is 7.61. The van der Waals surface area contributed by atoms with Crippen molar-refractivity contribution in [2.45, 2.75) is 32.1 Å². The minimum Gasteiger partial charge on any atom is -0.492 e. The number of hydrogen-bond donors (Lipinski definition) is 0. The number of ether oxygens (including phenoxy) is 1. The van der Waals surface area contributed by atoms with E-state index < -0.39 is 0 Å². The zero-order valence-electron chi connectivity index (χ0n) is 15.7. The van der Waals surface area contributed by atoms with Crippen molar-refractivity contribution >= 4 is 11.6 Å². The molecule has 140 valence electrons. The van der Waals surface area contributed by atoms with Gasteiger partial charge in [0.05, 0.1) is 12.2 Å². The average Bonchev–Trinajstić information content (AvgIpc) is 3.15. The van der Waals surface area contributed by atoms with Crippen molar-refractivity contribution < 1.29 is 14.3 Å². The quantitative estimate of drug-likeness (QED) is 0.753. The Kier molecular flexibility index (Phi) is 5.08. The first-order valence-corrected chi connectivity index (χ1v) is 9.72. The smallest absolute Gasteiger partial charge is 0.170 e. The summed E-state index contributed by atoms with van der Waals surface area (Å²) in [5, 5.41) is 0. The van der Waals surface area contributed by atoms with Gasteiger partial charge in [-0.15, -0.1) is 0 Å². The van der Waals surface area contributed by atoms with E-state index in [4.69, 9.17) is 4.74 Å². The van der Waals surface area contributed by atoms with Crippen molar-refractivity contribution in [2.24, 2.45) is 0 Å². The van der Waals surface area contributed by atoms with Gasteiger partial charge in [0.25, 0.3) is 0 Å². The maximum atomic E-state index is 12.6. The van der Waals surface area contributed by atoms with E-state index in [0.717, 1.165) is 26.1 Å². The second-order valence-corrected chi connectivity index (χ2v) is 7.61. The maximum Gasteiger partial charge on any atom is 0.170 e. The Morgan fingerprint density at radius 1 is 1.22 bits per heavy atom. The number of benzene rings is 2. The summed E-state index contributed by atoms with van der Waals surface area (Å²) in [6.07, 6.45) is 2.01. The molecule has 0 bridgehead atoms. The molecule has 0 saturated carbocycles. The molecule has 1 unspecified atom stereocenters. The molecule has 0 aliphatic carbocycles. The van der Waals surface area contributed by atoms with Crippen LogP contribution in [-0.4, -0.2) is 42.7 Å². The van der Waals surface area contributed by atoms with Crippen LogP contribution < -0.4 is 4.74 Å². The minimum atomic E-state index is 0.0615. The van der Waals surface area contributed by atoms with Crippen molar-refractivity contribution in [3.8, 4) is 5.75 Å². The molecule has 0 aromatic heterocycles. The van der Waals surface area contributed by atoms with E-state index >= 15 is 0 Å². The van der Waals surface area contributed by atoms with Gasteiger partial charge in [0.15, 0.2) is 11.6 Å². The third-order valence-electron chi connectivity index (χ3n) is 5.63. The SMILES string of the molecule is Cc1cccc(C2CCN(CCC(=O)c3ccc4c(c3)C(=O)CCO4)C2)c1. The molecular weight excluding hydrogens is 338 g/mol. The third kappa shape index (κ3) is 3.96. The van der Waals surface area contributed by atoms with Crippen LogP contribution in [0.3, 0.4) is 0 Å². The summed E-state index contributed by atoms with van der Waals surface area (Å²) in [6, 6.07) is 14.0. The van der Waals surface area contributed by atoms with Crippen molar-refractivity contribution in [2.75, 3.05) is 26.2 Å². The fourth-order valence-electron chi connectivity index (χ4n) is 4.07. The first-order valence-electron chi connectivity index (χ1n) is 9.72. The summed E-state index contributed by atoms with van der Waals surface area (Å²) >= 11 is 0. The standard InChI is InChI=1S/C23H25NO3/c1-16-3-2-4-17(13-16)19-7-10-24(15-19)11-8-21(25)18-5-6-23-20(14-18)22(26)9-12-27-23/h2-6,13-14,19H,7-12,15H2,1H3. The van der Waals surface area contributed by atoms with E-state index in [2.05, 4.69) is 36.1 Å². The molecule has 2 aromatic carbocycles. The van der Waals surface area contributed by atoms with E-state index in [1.165, 1.54) is 11.1 Å². The highest BCUT2D eigenvalue weighted by atomic mass is 16.5. The van der Waals surface area contributed by atoms with Gasteiger partial charge >= 0.3 is 0 Å². The van der Waals surface area contributed by atoms with Crippen LogP contribution in [0.1, 0.15) is 57.0 Å². The van der Waals surface area contributed by atoms with E-state index in [0.29, 0.717) is 42.2 Å². The van der Waals surface area contributed by atoms with E-state index in [1.54, 1.807) is 18.2 Å². The van der Waals surface area contributed by atoms with Gasteiger partial charge in [-0.25, -0.2) is 0 Å². The summed E-state index contributed by atoms with van der Waals surface area (Å²) in [7, 11) is 0. The molecule has 4 rings (SSSR count). The van der Waals surface area contributed by atoms with Crippen LogP contribution in [0.15, 0.2) is 42.5 Å². The predicted molar refractivity (Wildman–Crippen MR) is 105 cm³/mol. The van der Waals surface area contributed by atoms with Gasteiger partial charge in [0.2, 0.25) is 0 Å². The van der Waals surface area contributed by atoms with Crippen molar-refractivity contribution in [3.05, 3.63) is 64.7 Å². The fourth-order valence-corrected chi connectivity index (χ4v) is 4.07. The number of likely N-dealkylation sites (tertiary alicyclic amines) is 1. The molecular formula is C23H25NO3. The molecule has 2 heterocycles. The van der Waals surface area contributed by atoms with Crippen LogP contribution in [0.4, 0.5) is 0 Å². The number of ketones is 2. The highest BCUT2D eigenvalue weighted by Gasteiger charge is 2.25. The normalized spacial score (nSPS) is 19.6. The number of nitrogens with zero attached hydrogens (tertiary/aromatic N) is 1.